The predicted molar refractivity (Wildman–Crippen MR) is 63.7 cm³/mol. The van der Waals surface area contributed by atoms with Crippen molar-refractivity contribution >= 4 is 22.5 Å². The number of rotatable bonds is 3. The maximum absolute atomic E-state index is 12.7. The Bertz CT molecular complexity index is 562. The van der Waals surface area contributed by atoms with Gasteiger partial charge in [-0.2, -0.15) is 13.2 Å². The van der Waals surface area contributed by atoms with Gasteiger partial charge in [0, 0.05) is 18.2 Å². The van der Waals surface area contributed by atoms with E-state index in [-0.39, 0.29) is 11.6 Å². The van der Waals surface area contributed by atoms with Gasteiger partial charge in [-0.05, 0) is 30.5 Å². The molecule has 1 aromatic carbocycles. The second-order valence-electron chi connectivity index (χ2n) is 4.02. The molecular formula is C12H11ClF3NO. The Hall–Kier alpha value is -1.20. The van der Waals surface area contributed by atoms with Crippen molar-refractivity contribution in [2.45, 2.75) is 19.0 Å². The minimum atomic E-state index is -4.41. The fourth-order valence-corrected chi connectivity index (χ4v) is 2.16. The van der Waals surface area contributed by atoms with Crippen molar-refractivity contribution in [3.63, 3.8) is 0 Å². The van der Waals surface area contributed by atoms with Crippen LogP contribution in [-0.4, -0.2) is 16.7 Å². The second-order valence-corrected chi connectivity index (χ2v) is 4.43. The third-order valence-corrected chi connectivity index (χ3v) is 3.06. The highest BCUT2D eigenvalue weighted by atomic mass is 35.5. The van der Waals surface area contributed by atoms with E-state index in [0.717, 1.165) is 17.7 Å². The molecule has 1 aromatic heterocycles. The summed E-state index contributed by atoms with van der Waals surface area (Å²) in [5.41, 5.74) is 0.467. The molecule has 0 saturated carbocycles. The summed E-state index contributed by atoms with van der Waals surface area (Å²) in [4.78, 5) is 2.86. The van der Waals surface area contributed by atoms with Crippen molar-refractivity contribution in [1.82, 2.24) is 4.98 Å². The lowest BCUT2D eigenvalue weighted by atomic mass is 10.1. The van der Waals surface area contributed by atoms with Crippen LogP contribution in [0.5, 0.6) is 0 Å². The van der Waals surface area contributed by atoms with Crippen LogP contribution in [-0.2, 0) is 12.6 Å². The number of benzene rings is 1. The van der Waals surface area contributed by atoms with Gasteiger partial charge in [-0.15, -0.1) is 0 Å². The van der Waals surface area contributed by atoms with Crippen molar-refractivity contribution in [2.75, 3.05) is 6.61 Å². The van der Waals surface area contributed by atoms with Gasteiger partial charge in [0.15, 0.2) is 0 Å². The van der Waals surface area contributed by atoms with E-state index < -0.39 is 11.7 Å². The Morgan fingerprint density at radius 2 is 2.00 bits per heavy atom. The molecule has 98 valence electrons. The Kier molecular flexibility index (Phi) is 3.54. The largest absolute Gasteiger partial charge is 0.416 e. The maximum Gasteiger partial charge on any atom is 0.416 e. The fourth-order valence-electron chi connectivity index (χ4n) is 1.88. The van der Waals surface area contributed by atoms with Crippen LogP contribution in [0.25, 0.3) is 10.9 Å². The van der Waals surface area contributed by atoms with Crippen molar-refractivity contribution in [2.24, 2.45) is 0 Å². The number of aryl methyl sites for hydroxylation is 1. The van der Waals surface area contributed by atoms with Gasteiger partial charge in [0.2, 0.25) is 0 Å². The third kappa shape index (κ3) is 2.47. The summed E-state index contributed by atoms with van der Waals surface area (Å²) in [7, 11) is 0. The summed E-state index contributed by atoms with van der Waals surface area (Å²) in [6.45, 7) is -0.000628. The van der Waals surface area contributed by atoms with E-state index in [9.17, 15) is 13.2 Å². The molecule has 0 spiro atoms. The molecule has 1 heterocycles. The van der Waals surface area contributed by atoms with Crippen LogP contribution in [0.15, 0.2) is 18.3 Å². The summed E-state index contributed by atoms with van der Waals surface area (Å²) in [5, 5.41) is 9.27. The lowest BCUT2D eigenvalue weighted by molar-refractivity contribution is -0.137. The Morgan fingerprint density at radius 3 is 2.61 bits per heavy atom. The van der Waals surface area contributed by atoms with E-state index >= 15 is 0 Å². The quantitative estimate of drug-likeness (QED) is 0.880. The van der Waals surface area contributed by atoms with E-state index in [1.807, 2.05) is 0 Å². The summed E-state index contributed by atoms with van der Waals surface area (Å²) >= 11 is 5.83. The van der Waals surface area contributed by atoms with Gasteiger partial charge in [-0.1, -0.05) is 11.6 Å². The van der Waals surface area contributed by atoms with E-state index in [1.165, 1.54) is 0 Å². The molecule has 0 amide bonds. The molecule has 0 aliphatic heterocycles. The number of alkyl halides is 3. The molecule has 0 fully saturated rings. The minimum absolute atomic E-state index is 0.000628. The molecule has 0 saturated heterocycles. The van der Waals surface area contributed by atoms with E-state index in [2.05, 4.69) is 4.98 Å². The number of fused-ring (bicyclic) bond motifs is 1. The topological polar surface area (TPSA) is 36.0 Å². The van der Waals surface area contributed by atoms with Crippen LogP contribution in [0.2, 0.25) is 5.02 Å². The molecule has 2 aromatic rings. The SMILES string of the molecule is OCCCc1c[nH]c2c(Cl)cc(C(F)(F)F)cc12. The predicted octanol–water partition coefficient (Wildman–Crippen LogP) is 3.77. The highest BCUT2D eigenvalue weighted by Crippen LogP contribution is 2.36. The van der Waals surface area contributed by atoms with Crippen LogP contribution >= 0.6 is 11.6 Å². The van der Waals surface area contributed by atoms with Gasteiger partial charge >= 0.3 is 6.18 Å². The van der Waals surface area contributed by atoms with Crippen LogP contribution < -0.4 is 0 Å². The first-order valence-corrected chi connectivity index (χ1v) is 5.79. The first-order chi connectivity index (χ1) is 8.43. The van der Waals surface area contributed by atoms with Crippen molar-refractivity contribution in [3.05, 3.63) is 34.5 Å². The monoisotopic (exact) mass is 277 g/mol. The standard InChI is InChI=1S/C12H11ClF3NO/c13-10-5-8(12(14,15)16)4-9-7(2-1-3-18)6-17-11(9)10/h4-6,17-18H,1-3H2. The van der Waals surface area contributed by atoms with Crippen LogP contribution in [0.4, 0.5) is 13.2 Å². The van der Waals surface area contributed by atoms with Gasteiger partial charge in [0.25, 0.3) is 0 Å². The zero-order valence-corrected chi connectivity index (χ0v) is 10.1. The first kappa shape index (κ1) is 13.2. The third-order valence-electron chi connectivity index (χ3n) is 2.76. The molecule has 0 bridgehead atoms. The van der Waals surface area contributed by atoms with Gasteiger partial charge in [-0.25, -0.2) is 0 Å². The number of halogens is 4. The minimum Gasteiger partial charge on any atom is -0.396 e. The van der Waals surface area contributed by atoms with Crippen molar-refractivity contribution in [3.8, 4) is 0 Å². The fraction of sp³-hybridized carbons (Fsp3) is 0.333. The van der Waals surface area contributed by atoms with Gasteiger partial charge in [0.1, 0.15) is 0 Å². The molecule has 0 radical (unpaired) electrons. The summed E-state index contributed by atoms with van der Waals surface area (Å²) in [5.74, 6) is 0. The summed E-state index contributed by atoms with van der Waals surface area (Å²) in [6.07, 6.45) is -1.77. The second kappa shape index (κ2) is 4.82. The summed E-state index contributed by atoms with van der Waals surface area (Å²) in [6, 6.07) is 2.00. The summed E-state index contributed by atoms with van der Waals surface area (Å²) < 4.78 is 38.0. The molecule has 0 aliphatic carbocycles. The number of hydrogen-bond acceptors (Lipinski definition) is 1. The number of aliphatic hydroxyl groups excluding tert-OH is 1. The van der Waals surface area contributed by atoms with E-state index in [4.69, 9.17) is 16.7 Å². The van der Waals surface area contributed by atoms with Crippen LogP contribution in [0.3, 0.4) is 0 Å². The van der Waals surface area contributed by atoms with Crippen LogP contribution in [0, 0.1) is 0 Å². The number of hydrogen-bond donors (Lipinski definition) is 2. The first-order valence-electron chi connectivity index (χ1n) is 5.41. The van der Waals surface area contributed by atoms with Crippen molar-refractivity contribution in [1.29, 1.82) is 0 Å². The van der Waals surface area contributed by atoms with Gasteiger partial charge in [-0.3, -0.25) is 0 Å². The molecule has 0 aliphatic rings. The molecule has 0 atom stereocenters. The zero-order chi connectivity index (χ0) is 13.3. The number of aromatic nitrogens is 1. The van der Waals surface area contributed by atoms with Gasteiger partial charge in [0.05, 0.1) is 16.1 Å². The molecule has 18 heavy (non-hydrogen) atoms. The zero-order valence-electron chi connectivity index (χ0n) is 9.31. The molecule has 2 N–H and O–H groups in total. The Labute approximate surface area is 106 Å². The molecule has 6 heteroatoms. The number of H-pyrrole nitrogens is 1. The number of aliphatic hydroxyl groups is 1. The number of aromatic amines is 1. The lowest BCUT2D eigenvalue weighted by Gasteiger charge is -2.08. The van der Waals surface area contributed by atoms with E-state index in [1.54, 1.807) is 6.20 Å². The highest BCUT2D eigenvalue weighted by Gasteiger charge is 2.31. The smallest absolute Gasteiger partial charge is 0.396 e. The average molecular weight is 278 g/mol. The Balaban J connectivity index is 2.54. The van der Waals surface area contributed by atoms with Gasteiger partial charge < -0.3 is 10.1 Å². The molecular weight excluding hydrogens is 267 g/mol. The Morgan fingerprint density at radius 1 is 1.28 bits per heavy atom. The number of nitrogens with one attached hydrogen (secondary N) is 1. The molecule has 0 unspecified atom stereocenters. The van der Waals surface area contributed by atoms with Crippen LogP contribution in [0.1, 0.15) is 17.5 Å². The molecule has 2 nitrogen and oxygen atoms in total. The highest BCUT2D eigenvalue weighted by molar-refractivity contribution is 6.35. The molecule has 2 rings (SSSR count). The van der Waals surface area contributed by atoms with Crippen molar-refractivity contribution < 1.29 is 18.3 Å². The lowest BCUT2D eigenvalue weighted by Crippen LogP contribution is -2.04. The average Bonchev–Trinajstić information content (AvgIpc) is 2.69. The maximum atomic E-state index is 12.7. The normalized spacial score (nSPS) is 12.3. The van der Waals surface area contributed by atoms with E-state index in [0.29, 0.717) is 23.7 Å².